The highest BCUT2D eigenvalue weighted by molar-refractivity contribution is 5.89. The van der Waals surface area contributed by atoms with E-state index in [1.54, 1.807) is 0 Å². The van der Waals surface area contributed by atoms with Crippen LogP contribution in [-0.2, 0) is 5.41 Å². The first-order valence-electron chi connectivity index (χ1n) is 16.6. The average Bonchev–Trinajstić information content (AvgIpc) is 3.78. The fourth-order valence-electron chi connectivity index (χ4n) is 6.81. The number of nitrogens with one attached hydrogen (secondary N) is 2. The summed E-state index contributed by atoms with van der Waals surface area (Å²) < 4.78 is 10.5. The maximum atomic E-state index is 13.6. The van der Waals surface area contributed by atoms with Gasteiger partial charge in [-0.1, -0.05) is 51.1 Å². The zero-order chi connectivity index (χ0) is 32.9. The van der Waals surface area contributed by atoms with Gasteiger partial charge in [-0.05, 0) is 99.6 Å². The minimum Gasteiger partial charge on any atom is -0.484 e. The van der Waals surface area contributed by atoms with E-state index in [1.165, 1.54) is 11.1 Å². The van der Waals surface area contributed by atoms with Crippen molar-refractivity contribution in [3.8, 4) is 11.4 Å². The molecule has 2 amide bonds. The van der Waals surface area contributed by atoms with Gasteiger partial charge in [0.1, 0.15) is 17.7 Å². The Hall–Kier alpha value is -4.70. The summed E-state index contributed by atoms with van der Waals surface area (Å²) in [5.41, 5.74) is 6.99. The number of nitrogens with zero attached hydrogens (tertiary/aromatic N) is 6. The number of anilines is 1. The molecule has 4 heterocycles. The van der Waals surface area contributed by atoms with E-state index in [0.29, 0.717) is 5.82 Å². The molecule has 0 bridgehead atoms. The Balaban J connectivity index is 1.10. The lowest BCUT2D eigenvalue weighted by Crippen LogP contribution is -2.36. The number of aryl methyl sites for hydroxylation is 2. The molecule has 1 aliphatic carbocycles. The van der Waals surface area contributed by atoms with Crippen LogP contribution in [-0.4, -0.2) is 48.9 Å². The van der Waals surface area contributed by atoms with Crippen molar-refractivity contribution >= 4 is 17.5 Å². The van der Waals surface area contributed by atoms with E-state index in [4.69, 9.17) is 9.84 Å². The molecule has 2 aliphatic rings. The van der Waals surface area contributed by atoms with Gasteiger partial charge in [0, 0.05) is 11.5 Å². The molecule has 2 N–H and O–H groups in total. The van der Waals surface area contributed by atoms with Crippen LogP contribution in [0.2, 0.25) is 0 Å². The topological polar surface area (TPSA) is 102 Å². The fraction of sp³-hybridized carbons (Fsp3) is 0.405. The third-order valence-electron chi connectivity index (χ3n) is 9.69. The molecule has 10 nitrogen and oxygen atoms in total. The van der Waals surface area contributed by atoms with Crippen LogP contribution in [0.15, 0.2) is 66.9 Å². The lowest BCUT2D eigenvalue weighted by molar-refractivity contribution is 0.171. The first kappa shape index (κ1) is 30.9. The predicted molar refractivity (Wildman–Crippen MR) is 183 cm³/mol. The normalized spacial score (nSPS) is 19.9. The molecule has 1 fully saturated rings. The number of benzene rings is 2. The summed E-state index contributed by atoms with van der Waals surface area (Å²) >= 11 is 0. The Kier molecular flexibility index (Phi) is 8.00. The largest absolute Gasteiger partial charge is 0.484 e. The number of aromatic nitrogens is 5. The summed E-state index contributed by atoms with van der Waals surface area (Å²) in [6.45, 7) is 11.6. The number of carbonyl (C=O) groups is 1. The lowest BCUT2D eigenvalue weighted by Gasteiger charge is -2.32. The van der Waals surface area contributed by atoms with Crippen LogP contribution in [0.4, 0.5) is 10.6 Å². The second-order valence-corrected chi connectivity index (χ2v) is 14.1. The monoisotopic (exact) mass is 632 g/mol. The second-order valence-electron chi connectivity index (χ2n) is 14.1. The average molecular weight is 633 g/mol. The van der Waals surface area contributed by atoms with Gasteiger partial charge < -0.3 is 10.1 Å². The summed E-state index contributed by atoms with van der Waals surface area (Å²) in [6.07, 6.45) is 5.61. The van der Waals surface area contributed by atoms with Crippen molar-refractivity contribution < 1.29 is 9.53 Å². The summed E-state index contributed by atoms with van der Waals surface area (Å²) in [4.78, 5) is 15.9. The van der Waals surface area contributed by atoms with Gasteiger partial charge in [0.2, 0.25) is 0 Å². The van der Waals surface area contributed by atoms with Crippen LogP contribution in [0.5, 0.6) is 5.75 Å². The number of pyridine rings is 1. The lowest BCUT2D eigenvalue weighted by atomic mass is 9.85. The first-order chi connectivity index (χ1) is 22.5. The minimum atomic E-state index is -0.267. The summed E-state index contributed by atoms with van der Waals surface area (Å²) in [5.74, 6) is 2.36. The molecule has 1 aliphatic heterocycles. The number of likely N-dealkylation sites (tertiary alicyclic amines) is 1. The highest BCUT2D eigenvalue weighted by atomic mass is 16.5. The van der Waals surface area contributed by atoms with Gasteiger partial charge in [-0.25, -0.2) is 9.48 Å². The van der Waals surface area contributed by atoms with Crippen molar-refractivity contribution in [1.82, 2.24) is 34.6 Å². The number of carbonyl (C=O) groups excluding carboxylic acids is 1. The number of rotatable bonds is 6. The van der Waals surface area contributed by atoms with Crippen molar-refractivity contribution in [2.75, 3.05) is 18.9 Å². The van der Waals surface area contributed by atoms with Gasteiger partial charge in [-0.2, -0.15) is 5.10 Å². The molecule has 2 aromatic carbocycles. The fourth-order valence-corrected chi connectivity index (χ4v) is 6.81. The zero-order valence-corrected chi connectivity index (χ0v) is 28.1. The Morgan fingerprint density at radius 2 is 1.74 bits per heavy atom. The van der Waals surface area contributed by atoms with Crippen LogP contribution < -0.4 is 15.4 Å². The van der Waals surface area contributed by atoms with Crippen LogP contribution in [0.3, 0.4) is 0 Å². The number of hydrogen-bond donors (Lipinski definition) is 2. The van der Waals surface area contributed by atoms with Crippen molar-refractivity contribution in [2.45, 2.75) is 83.9 Å². The second kappa shape index (κ2) is 12.2. The summed E-state index contributed by atoms with van der Waals surface area (Å²) in [7, 11) is 2.14. The Morgan fingerprint density at radius 3 is 2.49 bits per heavy atom. The zero-order valence-electron chi connectivity index (χ0n) is 28.1. The number of hydrogen-bond acceptors (Lipinski definition) is 6. The van der Waals surface area contributed by atoms with Crippen LogP contribution in [0, 0.1) is 13.8 Å². The number of ether oxygens (including phenoxy) is 1. The maximum absolute atomic E-state index is 13.6. The Labute approximate surface area is 276 Å². The Morgan fingerprint density at radius 1 is 0.936 bits per heavy atom. The van der Waals surface area contributed by atoms with Crippen LogP contribution in [0.1, 0.15) is 98.4 Å². The molecule has 10 heteroatoms. The van der Waals surface area contributed by atoms with E-state index in [1.807, 2.05) is 47.3 Å². The van der Waals surface area contributed by atoms with E-state index < -0.39 is 0 Å². The van der Waals surface area contributed by atoms with E-state index in [9.17, 15) is 4.79 Å². The molecule has 0 saturated carbocycles. The van der Waals surface area contributed by atoms with Crippen molar-refractivity contribution in [1.29, 1.82) is 0 Å². The predicted octanol–water partition coefficient (Wildman–Crippen LogP) is 7.37. The molecule has 1 unspecified atom stereocenters. The SMILES string of the molecule is Cc1ccc(-n2nc(C(C)(C)C)cc2NC(=O)N[C@H]2CC[C@@H](Oc3ccc4nnc(C5CCCN5C)n4c3)c3ccccc32)cc1C. The molecule has 5 aromatic rings. The van der Waals surface area contributed by atoms with E-state index in [2.05, 4.69) is 96.1 Å². The van der Waals surface area contributed by atoms with Crippen LogP contribution >= 0.6 is 0 Å². The van der Waals surface area contributed by atoms with Gasteiger partial charge in [0.25, 0.3) is 0 Å². The summed E-state index contributed by atoms with van der Waals surface area (Å²) in [5, 5.41) is 20.2. The van der Waals surface area contributed by atoms with Gasteiger partial charge in [0.05, 0.1) is 29.7 Å². The van der Waals surface area contributed by atoms with E-state index in [-0.39, 0.29) is 29.6 Å². The number of amides is 2. The van der Waals surface area contributed by atoms with E-state index in [0.717, 1.165) is 72.0 Å². The third kappa shape index (κ3) is 6.10. The van der Waals surface area contributed by atoms with E-state index >= 15 is 0 Å². The molecule has 47 heavy (non-hydrogen) atoms. The molecular formula is C37H44N8O2. The molecular weight excluding hydrogens is 588 g/mol. The van der Waals surface area contributed by atoms with Gasteiger partial charge in [0.15, 0.2) is 11.5 Å². The van der Waals surface area contributed by atoms with Crippen LogP contribution in [0.25, 0.3) is 11.3 Å². The van der Waals surface area contributed by atoms with Crippen molar-refractivity contribution in [2.24, 2.45) is 0 Å². The summed E-state index contributed by atoms with van der Waals surface area (Å²) in [6, 6.07) is 20.2. The standard InChI is InChI=1S/C37H44N8O2/c1-23-13-14-25(20-24(23)2)45-34(21-32(42-45)37(3,4)5)39-36(46)38-29-16-17-31(28-11-8-7-10-27(28)29)47-26-15-18-33-40-41-35(44(33)22-26)30-12-9-19-43(30)6/h7-8,10-11,13-15,18,20-22,29-31H,9,12,16-17,19H2,1-6H3,(H2,38,39,46)/t29-,30?,31+/m0/s1. The van der Waals surface area contributed by atoms with Gasteiger partial charge >= 0.3 is 6.03 Å². The van der Waals surface area contributed by atoms with Crippen molar-refractivity contribution in [3.05, 3.63) is 101 Å². The third-order valence-corrected chi connectivity index (χ3v) is 9.69. The highest BCUT2D eigenvalue weighted by Gasteiger charge is 2.31. The molecule has 7 rings (SSSR count). The van der Waals surface area contributed by atoms with Gasteiger partial charge in [-0.15, -0.1) is 10.2 Å². The molecule has 0 radical (unpaired) electrons. The number of fused-ring (bicyclic) bond motifs is 2. The molecule has 1 saturated heterocycles. The first-order valence-corrected chi connectivity index (χ1v) is 16.6. The highest BCUT2D eigenvalue weighted by Crippen LogP contribution is 2.39. The quantitative estimate of drug-likeness (QED) is 0.203. The Bertz CT molecular complexity index is 1940. The smallest absolute Gasteiger partial charge is 0.320 e. The van der Waals surface area contributed by atoms with Gasteiger partial charge in [-0.3, -0.25) is 14.6 Å². The molecule has 244 valence electrons. The molecule has 3 atom stereocenters. The minimum absolute atomic E-state index is 0.139. The maximum Gasteiger partial charge on any atom is 0.320 e. The number of urea groups is 1. The van der Waals surface area contributed by atoms with Crippen molar-refractivity contribution in [3.63, 3.8) is 0 Å². The molecule has 3 aromatic heterocycles. The molecule has 0 spiro atoms.